The Balaban J connectivity index is 1.91. The van der Waals surface area contributed by atoms with Crippen molar-refractivity contribution in [2.24, 2.45) is 0 Å². The molecule has 1 unspecified atom stereocenters. The van der Waals surface area contributed by atoms with E-state index >= 15 is 0 Å². The molecule has 1 saturated heterocycles. The first-order valence-electron chi connectivity index (χ1n) is 4.94. The number of nitrogens with zero attached hydrogens (tertiary/aromatic N) is 1. The Labute approximate surface area is 94.6 Å². The van der Waals surface area contributed by atoms with Crippen molar-refractivity contribution in [2.75, 3.05) is 6.54 Å². The van der Waals surface area contributed by atoms with E-state index in [1.165, 1.54) is 12.0 Å². The first-order valence-corrected chi connectivity index (χ1v) is 6.21. The fourth-order valence-corrected chi connectivity index (χ4v) is 3.14. The minimum absolute atomic E-state index is 0.271. The molecule has 76 valence electrons. The summed E-state index contributed by atoms with van der Waals surface area (Å²) < 4.78 is 2.63. The zero-order valence-corrected chi connectivity index (χ0v) is 9.60. The van der Waals surface area contributed by atoms with Gasteiger partial charge in [-0.1, -0.05) is 42.3 Å². The highest BCUT2D eigenvalue weighted by molar-refractivity contribution is 7.98. The third-order valence-corrected chi connectivity index (χ3v) is 3.84. The lowest BCUT2D eigenvalue weighted by Crippen LogP contribution is -2.24. The zero-order valence-electron chi connectivity index (χ0n) is 8.03. The lowest BCUT2D eigenvalue weighted by Gasteiger charge is -2.28. The molecule has 1 nitrogen and oxygen atoms in total. The molecule has 3 heteroatoms. The molecule has 1 heterocycles. The van der Waals surface area contributed by atoms with Crippen molar-refractivity contribution >= 4 is 23.5 Å². The summed E-state index contributed by atoms with van der Waals surface area (Å²) in [6, 6.07) is 10.6. The van der Waals surface area contributed by atoms with Crippen molar-refractivity contribution in [1.82, 2.24) is 4.31 Å². The van der Waals surface area contributed by atoms with E-state index in [9.17, 15) is 0 Å². The topological polar surface area (TPSA) is 3.24 Å². The fourth-order valence-electron chi connectivity index (χ4n) is 1.60. The van der Waals surface area contributed by atoms with Crippen LogP contribution in [-0.2, 0) is 6.54 Å². The van der Waals surface area contributed by atoms with Crippen molar-refractivity contribution in [3.63, 3.8) is 0 Å². The maximum Gasteiger partial charge on any atom is 0.0936 e. The van der Waals surface area contributed by atoms with Crippen LogP contribution in [0, 0.1) is 0 Å². The van der Waals surface area contributed by atoms with Crippen LogP contribution in [-0.4, -0.2) is 15.6 Å². The number of rotatable bonds is 2. The summed E-state index contributed by atoms with van der Waals surface area (Å²) in [6.07, 6.45) is 2.35. The molecule has 0 N–H and O–H groups in total. The molecule has 0 bridgehead atoms. The molecule has 14 heavy (non-hydrogen) atoms. The van der Waals surface area contributed by atoms with Crippen LogP contribution in [0.2, 0.25) is 0 Å². The first-order chi connectivity index (χ1) is 6.84. The molecule has 1 atom stereocenters. The van der Waals surface area contributed by atoms with Gasteiger partial charge in [-0.25, -0.2) is 4.31 Å². The van der Waals surface area contributed by atoms with E-state index in [4.69, 9.17) is 11.6 Å². The van der Waals surface area contributed by atoms with E-state index in [1.807, 2.05) is 0 Å². The Hall–Kier alpha value is -0.180. The minimum atomic E-state index is 0.271. The van der Waals surface area contributed by atoms with E-state index in [-0.39, 0.29) is 4.71 Å². The molecule has 0 amide bonds. The molecule has 0 aromatic heterocycles. The average Bonchev–Trinajstić information content (AvgIpc) is 2.19. The highest BCUT2D eigenvalue weighted by Crippen LogP contribution is 2.31. The summed E-state index contributed by atoms with van der Waals surface area (Å²) in [5.74, 6) is 0. The normalized spacial score (nSPS) is 23.6. The van der Waals surface area contributed by atoms with Crippen LogP contribution in [0.5, 0.6) is 0 Å². The number of halogens is 1. The maximum atomic E-state index is 6.10. The average molecular weight is 228 g/mol. The van der Waals surface area contributed by atoms with Crippen LogP contribution in [0.1, 0.15) is 18.4 Å². The van der Waals surface area contributed by atoms with Gasteiger partial charge >= 0.3 is 0 Å². The largest absolute Gasteiger partial charge is 0.245 e. The van der Waals surface area contributed by atoms with Crippen molar-refractivity contribution in [3.05, 3.63) is 35.9 Å². The predicted molar refractivity (Wildman–Crippen MR) is 63.3 cm³/mol. The quantitative estimate of drug-likeness (QED) is 0.562. The molecule has 0 spiro atoms. The summed E-state index contributed by atoms with van der Waals surface area (Å²) in [7, 11) is 0. The van der Waals surface area contributed by atoms with Crippen LogP contribution < -0.4 is 0 Å². The molecule has 1 aliphatic rings. The highest BCUT2D eigenvalue weighted by Gasteiger charge is 2.18. The van der Waals surface area contributed by atoms with Crippen LogP contribution in [0.4, 0.5) is 0 Å². The molecule has 0 radical (unpaired) electrons. The molecular weight excluding hydrogens is 214 g/mol. The highest BCUT2D eigenvalue weighted by atomic mass is 35.5. The van der Waals surface area contributed by atoms with E-state index in [0.717, 1.165) is 19.5 Å². The zero-order chi connectivity index (χ0) is 9.80. The molecule has 0 aliphatic carbocycles. The van der Waals surface area contributed by atoms with Gasteiger partial charge in [-0.05, 0) is 18.4 Å². The summed E-state index contributed by atoms with van der Waals surface area (Å²) in [6.45, 7) is 2.16. The van der Waals surface area contributed by atoms with Crippen LogP contribution >= 0.6 is 23.5 Å². The van der Waals surface area contributed by atoms with E-state index in [1.54, 1.807) is 11.9 Å². The lowest BCUT2D eigenvalue weighted by atomic mass is 10.2. The Bertz CT molecular complexity index is 278. The van der Waals surface area contributed by atoms with Crippen molar-refractivity contribution in [3.8, 4) is 0 Å². The third kappa shape index (κ3) is 2.91. The van der Waals surface area contributed by atoms with Gasteiger partial charge in [0.1, 0.15) is 0 Å². The molecule has 1 aliphatic heterocycles. The maximum absolute atomic E-state index is 6.10. The Kier molecular flexibility index (Phi) is 3.74. The minimum Gasteiger partial charge on any atom is -0.245 e. The number of hydrogen-bond acceptors (Lipinski definition) is 2. The van der Waals surface area contributed by atoms with Gasteiger partial charge in [0.15, 0.2) is 0 Å². The molecule has 2 rings (SSSR count). The fraction of sp³-hybridized carbons (Fsp3) is 0.455. The number of hydrogen-bond donors (Lipinski definition) is 0. The Morgan fingerprint density at radius 2 is 2.14 bits per heavy atom. The van der Waals surface area contributed by atoms with Gasteiger partial charge in [0.25, 0.3) is 0 Å². The van der Waals surface area contributed by atoms with Crippen molar-refractivity contribution < 1.29 is 0 Å². The second-order valence-electron chi connectivity index (χ2n) is 3.51. The lowest BCUT2D eigenvalue weighted by molar-refractivity contribution is 0.432. The smallest absolute Gasteiger partial charge is 0.0936 e. The molecule has 1 aromatic rings. The Morgan fingerprint density at radius 3 is 2.86 bits per heavy atom. The van der Waals surface area contributed by atoms with Gasteiger partial charge in [-0.15, -0.1) is 11.6 Å². The standard InChI is InChI=1S/C11H14ClNS/c12-11-7-4-8-13(14-11)9-10-5-2-1-3-6-10/h1-3,5-6,11H,4,7-9H2. The number of benzene rings is 1. The predicted octanol–water partition coefficient (Wildman–Crippen LogP) is 3.50. The molecule has 1 fully saturated rings. The second kappa shape index (κ2) is 5.06. The van der Waals surface area contributed by atoms with Gasteiger partial charge in [-0.2, -0.15) is 0 Å². The van der Waals surface area contributed by atoms with Gasteiger partial charge in [0.05, 0.1) is 4.71 Å². The molecular formula is C11H14ClNS. The van der Waals surface area contributed by atoms with Crippen LogP contribution in [0.3, 0.4) is 0 Å². The van der Waals surface area contributed by atoms with Crippen molar-refractivity contribution in [2.45, 2.75) is 24.1 Å². The molecule has 0 saturated carbocycles. The van der Waals surface area contributed by atoms with Gasteiger partial charge in [0, 0.05) is 13.1 Å². The van der Waals surface area contributed by atoms with E-state index in [0.29, 0.717) is 0 Å². The Morgan fingerprint density at radius 1 is 1.36 bits per heavy atom. The third-order valence-electron chi connectivity index (χ3n) is 2.30. The van der Waals surface area contributed by atoms with Crippen molar-refractivity contribution in [1.29, 1.82) is 0 Å². The summed E-state index contributed by atoms with van der Waals surface area (Å²) in [5, 5.41) is 0. The van der Waals surface area contributed by atoms with Gasteiger partial charge in [0.2, 0.25) is 0 Å². The monoisotopic (exact) mass is 227 g/mol. The summed E-state index contributed by atoms with van der Waals surface area (Å²) in [5.41, 5.74) is 1.37. The number of alkyl halides is 1. The van der Waals surface area contributed by atoms with E-state index < -0.39 is 0 Å². The van der Waals surface area contributed by atoms with Crippen LogP contribution in [0.25, 0.3) is 0 Å². The SMILES string of the molecule is ClC1CCCN(Cc2ccccc2)S1. The first kappa shape index (κ1) is 10.3. The summed E-state index contributed by atoms with van der Waals surface area (Å²) >= 11 is 7.88. The second-order valence-corrected chi connectivity index (χ2v) is 5.59. The molecule has 1 aromatic carbocycles. The van der Waals surface area contributed by atoms with Gasteiger partial charge < -0.3 is 0 Å². The van der Waals surface area contributed by atoms with E-state index in [2.05, 4.69) is 34.6 Å². The van der Waals surface area contributed by atoms with Gasteiger partial charge in [-0.3, -0.25) is 0 Å². The van der Waals surface area contributed by atoms with Crippen LogP contribution in [0.15, 0.2) is 30.3 Å². The summed E-state index contributed by atoms with van der Waals surface area (Å²) in [4.78, 5) is 0.